The molecule has 0 saturated heterocycles. The number of aromatic carboxylic acids is 1. The Morgan fingerprint density at radius 1 is 1.26 bits per heavy atom. The van der Waals surface area contributed by atoms with Crippen LogP contribution in [-0.2, 0) is 6.18 Å². The van der Waals surface area contributed by atoms with Crippen molar-refractivity contribution in [2.75, 3.05) is 0 Å². The van der Waals surface area contributed by atoms with Gasteiger partial charge in [0.2, 0.25) is 5.43 Å². The predicted molar refractivity (Wildman–Crippen MR) is 56.7 cm³/mol. The van der Waals surface area contributed by atoms with E-state index in [9.17, 15) is 27.2 Å². The summed E-state index contributed by atoms with van der Waals surface area (Å²) < 4.78 is 51.7. The molecule has 0 aliphatic carbocycles. The average molecular weight is 275 g/mol. The van der Waals surface area contributed by atoms with Crippen LogP contribution < -0.4 is 5.43 Å². The van der Waals surface area contributed by atoms with Crippen LogP contribution in [0.1, 0.15) is 15.9 Å². The number of carbonyl (C=O) groups is 1. The largest absolute Gasteiger partial charge is 0.477 e. The summed E-state index contributed by atoms with van der Waals surface area (Å²) in [7, 11) is 0. The first-order valence-corrected chi connectivity index (χ1v) is 4.88. The van der Waals surface area contributed by atoms with Crippen LogP contribution >= 0.6 is 0 Å². The van der Waals surface area contributed by atoms with E-state index in [-0.39, 0.29) is 6.20 Å². The fourth-order valence-electron chi connectivity index (χ4n) is 1.72. The number of hydrogen-bond acceptors (Lipinski definition) is 2. The summed E-state index contributed by atoms with van der Waals surface area (Å²) in [5.74, 6) is -1.71. The van der Waals surface area contributed by atoms with E-state index < -0.39 is 44.4 Å². The zero-order valence-electron chi connectivity index (χ0n) is 9.03. The van der Waals surface area contributed by atoms with Gasteiger partial charge in [0.1, 0.15) is 5.56 Å². The quantitative estimate of drug-likeness (QED) is 0.813. The van der Waals surface area contributed by atoms with Crippen molar-refractivity contribution in [1.82, 2.24) is 4.79 Å². The molecule has 2 rings (SSSR count). The molecule has 0 radical (unpaired) electrons. The SMILES string of the molecule is O=C(O)c1cn(F)c2c(C(F)(F)F)cccc2c1=O. The van der Waals surface area contributed by atoms with Crippen LogP contribution in [0.25, 0.3) is 10.9 Å². The molecule has 1 heterocycles. The maximum Gasteiger partial charge on any atom is 0.418 e. The van der Waals surface area contributed by atoms with Gasteiger partial charge in [-0.25, -0.2) is 4.79 Å². The Hall–Kier alpha value is -2.38. The first kappa shape index (κ1) is 13.1. The molecular formula is C11H5F4NO3. The molecule has 4 nitrogen and oxygen atoms in total. The van der Waals surface area contributed by atoms with Gasteiger partial charge in [-0.1, -0.05) is 10.5 Å². The highest BCUT2D eigenvalue weighted by atomic mass is 19.4. The highest BCUT2D eigenvalue weighted by Crippen LogP contribution is 2.34. The number of aromatic nitrogens is 1. The van der Waals surface area contributed by atoms with Crippen molar-refractivity contribution < 1.29 is 27.6 Å². The number of nitrogens with zero attached hydrogens (tertiary/aromatic N) is 1. The van der Waals surface area contributed by atoms with Crippen LogP contribution in [0.4, 0.5) is 17.7 Å². The van der Waals surface area contributed by atoms with Gasteiger partial charge in [0, 0.05) is 5.39 Å². The second kappa shape index (κ2) is 4.08. The number of carboxylic acids is 1. The van der Waals surface area contributed by atoms with Crippen molar-refractivity contribution in [3.63, 3.8) is 0 Å². The third-order valence-corrected chi connectivity index (χ3v) is 2.52. The maximum atomic E-state index is 13.6. The minimum Gasteiger partial charge on any atom is -0.477 e. The molecule has 0 atom stereocenters. The van der Waals surface area contributed by atoms with Crippen LogP contribution in [0.5, 0.6) is 0 Å². The van der Waals surface area contributed by atoms with Gasteiger partial charge in [-0.15, -0.1) is 0 Å². The Morgan fingerprint density at radius 2 is 1.89 bits per heavy atom. The molecule has 100 valence electrons. The number of fused-ring (bicyclic) bond motifs is 1. The molecule has 0 aliphatic rings. The fourth-order valence-corrected chi connectivity index (χ4v) is 1.72. The van der Waals surface area contributed by atoms with Crippen molar-refractivity contribution in [2.24, 2.45) is 0 Å². The number of rotatable bonds is 1. The highest BCUT2D eigenvalue weighted by molar-refractivity contribution is 5.93. The zero-order chi connectivity index (χ0) is 14.4. The van der Waals surface area contributed by atoms with Crippen LogP contribution in [-0.4, -0.2) is 15.9 Å². The van der Waals surface area contributed by atoms with Gasteiger partial charge in [-0.3, -0.25) is 4.79 Å². The summed E-state index contributed by atoms with van der Waals surface area (Å²) in [6.45, 7) is 0. The first-order valence-electron chi connectivity index (χ1n) is 4.88. The van der Waals surface area contributed by atoms with E-state index in [1.165, 1.54) is 0 Å². The number of pyridine rings is 1. The molecule has 0 fully saturated rings. The summed E-state index contributed by atoms with van der Waals surface area (Å²) in [5.41, 5.74) is -4.44. The highest BCUT2D eigenvalue weighted by Gasteiger charge is 2.34. The molecule has 0 spiro atoms. The van der Waals surface area contributed by atoms with Crippen molar-refractivity contribution in [3.05, 3.63) is 45.7 Å². The first-order chi connectivity index (χ1) is 8.73. The molecule has 8 heteroatoms. The Labute approximate surface area is 102 Å². The smallest absolute Gasteiger partial charge is 0.418 e. The van der Waals surface area contributed by atoms with Crippen molar-refractivity contribution in [1.29, 1.82) is 0 Å². The van der Waals surface area contributed by atoms with Crippen LogP contribution in [0, 0.1) is 0 Å². The zero-order valence-corrected chi connectivity index (χ0v) is 9.03. The number of hydrogen-bond donors (Lipinski definition) is 1. The Balaban J connectivity index is 2.99. The summed E-state index contributed by atoms with van der Waals surface area (Å²) >= 11 is 0. The topological polar surface area (TPSA) is 59.3 Å². The van der Waals surface area contributed by atoms with Crippen molar-refractivity contribution in [3.8, 4) is 0 Å². The van der Waals surface area contributed by atoms with Crippen molar-refractivity contribution in [2.45, 2.75) is 6.18 Å². The van der Waals surface area contributed by atoms with E-state index in [1.807, 2.05) is 0 Å². The average Bonchev–Trinajstić information content (AvgIpc) is 2.31. The third-order valence-electron chi connectivity index (χ3n) is 2.52. The van der Waals surface area contributed by atoms with E-state index in [4.69, 9.17) is 5.11 Å². The molecule has 0 amide bonds. The number of para-hydroxylation sites is 1. The Bertz CT molecular complexity index is 733. The third kappa shape index (κ3) is 2.05. The number of alkyl halides is 3. The maximum absolute atomic E-state index is 13.6. The van der Waals surface area contributed by atoms with Gasteiger partial charge >= 0.3 is 12.1 Å². The molecule has 1 N–H and O–H groups in total. The molecule has 2 aromatic rings. The van der Waals surface area contributed by atoms with Gasteiger partial charge in [0.05, 0.1) is 17.3 Å². The van der Waals surface area contributed by atoms with Crippen molar-refractivity contribution >= 4 is 16.9 Å². The Kier molecular flexibility index (Phi) is 2.80. The molecule has 1 aromatic heterocycles. The van der Waals surface area contributed by atoms with E-state index in [0.29, 0.717) is 6.07 Å². The minimum absolute atomic E-state index is 0.224. The molecular weight excluding hydrogens is 270 g/mol. The van der Waals surface area contributed by atoms with E-state index in [2.05, 4.69) is 0 Å². The predicted octanol–water partition coefficient (Wildman–Crippen LogP) is 2.45. The summed E-state index contributed by atoms with van der Waals surface area (Å²) in [4.78, 5) is 21.9. The lowest BCUT2D eigenvalue weighted by molar-refractivity contribution is -0.136. The van der Waals surface area contributed by atoms with Crippen LogP contribution in [0.15, 0.2) is 29.2 Å². The standard InChI is InChI=1S/C11H5F4NO3/c12-11(13,14)7-3-1-2-5-8(7)16(15)4-6(9(5)17)10(18)19/h1-4H,(H,18,19). The van der Waals surface area contributed by atoms with Gasteiger partial charge in [0.15, 0.2) is 0 Å². The fraction of sp³-hybridized carbons (Fsp3) is 0.0909. The number of halogens is 4. The minimum atomic E-state index is -4.86. The van der Waals surface area contributed by atoms with Crippen LogP contribution in [0.3, 0.4) is 0 Å². The van der Waals surface area contributed by atoms with E-state index in [0.717, 1.165) is 12.1 Å². The monoisotopic (exact) mass is 275 g/mol. The van der Waals surface area contributed by atoms with Crippen LogP contribution in [0.2, 0.25) is 0 Å². The normalized spacial score (nSPS) is 11.8. The summed E-state index contributed by atoms with van der Waals surface area (Å²) in [5, 5.41) is 8.04. The molecule has 0 bridgehead atoms. The molecule has 19 heavy (non-hydrogen) atoms. The molecule has 0 aliphatic heterocycles. The molecule has 0 unspecified atom stereocenters. The molecule has 1 aromatic carbocycles. The second-order valence-corrected chi connectivity index (χ2v) is 3.69. The Morgan fingerprint density at radius 3 is 2.42 bits per heavy atom. The van der Waals surface area contributed by atoms with E-state index >= 15 is 0 Å². The van der Waals surface area contributed by atoms with Gasteiger partial charge in [-0.05, 0) is 12.1 Å². The van der Waals surface area contributed by atoms with Gasteiger partial charge in [-0.2, -0.15) is 18.0 Å². The molecule has 0 saturated carbocycles. The lowest BCUT2D eigenvalue weighted by Gasteiger charge is -2.11. The second-order valence-electron chi connectivity index (χ2n) is 3.69. The summed E-state index contributed by atoms with van der Waals surface area (Å²) in [6, 6.07) is 2.46. The lowest BCUT2D eigenvalue weighted by Crippen LogP contribution is -2.19. The van der Waals surface area contributed by atoms with Gasteiger partial charge < -0.3 is 5.11 Å². The number of carboxylic acid groups (broad SMARTS) is 1. The number of benzene rings is 1. The lowest BCUT2D eigenvalue weighted by atomic mass is 10.1. The van der Waals surface area contributed by atoms with E-state index in [1.54, 1.807) is 0 Å². The summed E-state index contributed by atoms with van der Waals surface area (Å²) in [6.07, 6.45) is -4.63. The van der Waals surface area contributed by atoms with Gasteiger partial charge in [0.25, 0.3) is 0 Å².